The van der Waals surface area contributed by atoms with Gasteiger partial charge in [-0.25, -0.2) is 4.79 Å². The van der Waals surface area contributed by atoms with Crippen LogP contribution in [0.2, 0.25) is 0 Å². The number of likely N-dealkylation sites (N-methyl/N-ethyl adjacent to an activating group) is 1. The summed E-state index contributed by atoms with van der Waals surface area (Å²) < 4.78 is 5.04. The van der Waals surface area contributed by atoms with E-state index in [1.807, 2.05) is 0 Å². The fourth-order valence-electron chi connectivity index (χ4n) is 2.30. The number of hydrogen-bond donors (Lipinski definition) is 1. The number of nitrogens with zero attached hydrogens (tertiary/aromatic N) is 3. The van der Waals surface area contributed by atoms with E-state index < -0.39 is 5.97 Å². The fraction of sp³-hybridized carbons (Fsp3) is 0.667. The summed E-state index contributed by atoms with van der Waals surface area (Å²) in [6, 6.07) is 2.06. The number of carboxylic acid groups (broad SMARTS) is 1. The lowest BCUT2D eigenvalue weighted by Crippen LogP contribution is -2.50. The molecule has 6 nitrogen and oxygen atoms in total. The number of piperazine rings is 1. The Morgan fingerprint density at radius 3 is 3.00 bits per heavy atom. The molecule has 1 fully saturated rings. The van der Waals surface area contributed by atoms with Crippen LogP contribution in [0.15, 0.2) is 10.6 Å². The van der Waals surface area contributed by atoms with Crippen LogP contribution in [0.3, 0.4) is 0 Å². The van der Waals surface area contributed by atoms with Gasteiger partial charge in [0.15, 0.2) is 11.5 Å². The predicted molar refractivity (Wildman–Crippen MR) is 65.4 cm³/mol. The highest BCUT2D eigenvalue weighted by Crippen LogP contribution is 2.14. The van der Waals surface area contributed by atoms with Crippen LogP contribution in [0.1, 0.15) is 29.6 Å². The van der Waals surface area contributed by atoms with E-state index in [9.17, 15) is 4.79 Å². The molecule has 1 aromatic rings. The van der Waals surface area contributed by atoms with Gasteiger partial charge >= 0.3 is 5.97 Å². The number of carbonyl (C=O) groups is 1. The van der Waals surface area contributed by atoms with Crippen LogP contribution < -0.4 is 0 Å². The van der Waals surface area contributed by atoms with Crippen molar-refractivity contribution in [2.45, 2.75) is 25.9 Å². The smallest absolute Gasteiger partial charge is 0.358 e. The summed E-state index contributed by atoms with van der Waals surface area (Å²) in [6.45, 7) is 5.79. The summed E-state index contributed by atoms with van der Waals surface area (Å²) in [5.41, 5.74) is -0.0221. The molecule has 0 bridgehead atoms. The van der Waals surface area contributed by atoms with Gasteiger partial charge in [-0.2, -0.15) is 0 Å². The number of carboxylic acids is 1. The van der Waals surface area contributed by atoms with E-state index in [0.717, 1.165) is 26.1 Å². The van der Waals surface area contributed by atoms with Gasteiger partial charge in [0.2, 0.25) is 0 Å². The highest BCUT2D eigenvalue weighted by atomic mass is 16.5. The average Bonchev–Trinajstić information content (AvgIpc) is 2.80. The summed E-state index contributed by atoms with van der Waals surface area (Å²) in [5, 5.41) is 12.3. The van der Waals surface area contributed by atoms with E-state index in [4.69, 9.17) is 9.63 Å². The standard InChI is InChI=1S/C12H19N3O3/c1-3-9-7-15(5-4-14(9)2)8-10-6-11(12(16)17)13-18-10/h6,9H,3-5,7-8H2,1-2H3,(H,16,17). The molecule has 2 rings (SSSR count). The van der Waals surface area contributed by atoms with Crippen LogP contribution in [0.4, 0.5) is 0 Å². The van der Waals surface area contributed by atoms with Crippen LogP contribution in [0.25, 0.3) is 0 Å². The maximum Gasteiger partial charge on any atom is 0.358 e. The molecule has 0 aliphatic carbocycles. The van der Waals surface area contributed by atoms with Crippen LogP contribution in [-0.2, 0) is 6.54 Å². The summed E-state index contributed by atoms with van der Waals surface area (Å²) in [4.78, 5) is 15.3. The zero-order valence-corrected chi connectivity index (χ0v) is 10.8. The molecule has 1 N–H and O–H groups in total. The normalized spacial score (nSPS) is 22.2. The molecule has 1 unspecified atom stereocenters. The lowest BCUT2D eigenvalue weighted by Gasteiger charge is -2.38. The predicted octanol–water partition coefficient (Wildman–Crippen LogP) is 0.899. The van der Waals surface area contributed by atoms with Gasteiger partial charge in [-0.15, -0.1) is 0 Å². The van der Waals surface area contributed by atoms with Crippen molar-refractivity contribution in [1.29, 1.82) is 0 Å². The summed E-state index contributed by atoms with van der Waals surface area (Å²) in [7, 11) is 2.14. The van der Waals surface area contributed by atoms with Crippen molar-refractivity contribution >= 4 is 5.97 Å². The Kier molecular flexibility index (Phi) is 3.98. The first-order valence-electron chi connectivity index (χ1n) is 6.21. The van der Waals surface area contributed by atoms with Crippen molar-refractivity contribution in [1.82, 2.24) is 15.0 Å². The largest absolute Gasteiger partial charge is 0.476 e. The second kappa shape index (κ2) is 5.49. The molecule has 1 aliphatic heterocycles. The van der Waals surface area contributed by atoms with Crippen molar-refractivity contribution in [3.05, 3.63) is 17.5 Å². The van der Waals surface area contributed by atoms with E-state index in [0.29, 0.717) is 18.3 Å². The molecule has 1 saturated heterocycles. The van der Waals surface area contributed by atoms with Crippen LogP contribution in [-0.4, -0.2) is 58.8 Å². The minimum atomic E-state index is -1.05. The third-order valence-electron chi connectivity index (χ3n) is 3.49. The minimum absolute atomic E-state index is 0.0221. The monoisotopic (exact) mass is 253 g/mol. The Hall–Kier alpha value is -1.40. The van der Waals surface area contributed by atoms with Crippen molar-refractivity contribution in [2.24, 2.45) is 0 Å². The van der Waals surface area contributed by atoms with E-state index in [1.54, 1.807) is 0 Å². The molecule has 1 atom stereocenters. The highest BCUT2D eigenvalue weighted by Gasteiger charge is 2.24. The molecule has 1 aliphatic rings. The van der Waals surface area contributed by atoms with Gasteiger partial charge in [-0.05, 0) is 13.5 Å². The molecule has 0 aromatic carbocycles. The molecule has 0 radical (unpaired) electrons. The van der Waals surface area contributed by atoms with E-state index >= 15 is 0 Å². The Balaban J connectivity index is 1.94. The molecule has 6 heteroatoms. The Bertz CT molecular complexity index is 418. The molecular weight excluding hydrogens is 234 g/mol. The first kappa shape index (κ1) is 13.0. The van der Waals surface area contributed by atoms with E-state index in [1.165, 1.54) is 6.07 Å². The third kappa shape index (κ3) is 2.88. The molecule has 2 heterocycles. The second-order valence-electron chi connectivity index (χ2n) is 4.76. The Morgan fingerprint density at radius 2 is 2.39 bits per heavy atom. The zero-order chi connectivity index (χ0) is 13.1. The molecule has 0 saturated carbocycles. The topological polar surface area (TPSA) is 69.8 Å². The van der Waals surface area contributed by atoms with E-state index in [2.05, 4.69) is 28.9 Å². The minimum Gasteiger partial charge on any atom is -0.476 e. The van der Waals surface area contributed by atoms with Gasteiger partial charge in [-0.3, -0.25) is 4.90 Å². The highest BCUT2D eigenvalue weighted by molar-refractivity contribution is 5.85. The van der Waals surface area contributed by atoms with Gasteiger partial charge in [0, 0.05) is 31.7 Å². The maximum absolute atomic E-state index is 10.7. The molecule has 18 heavy (non-hydrogen) atoms. The average molecular weight is 253 g/mol. The molecule has 100 valence electrons. The molecular formula is C12H19N3O3. The quantitative estimate of drug-likeness (QED) is 0.859. The number of aromatic carboxylic acids is 1. The first-order chi connectivity index (χ1) is 8.60. The van der Waals surface area contributed by atoms with Gasteiger partial charge in [0.05, 0.1) is 6.54 Å². The number of rotatable bonds is 4. The van der Waals surface area contributed by atoms with Crippen molar-refractivity contribution in [3.63, 3.8) is 0 Å². The lowest BCUT2D eigenvalue weighted by atomic mass is 10.1. The van der Waals surface area contributed by atoms with Gasteiger partial charge in [0.1, 0.15) is 0 Å². The number of hydrogen-bond acceptors (Lipinski definition) is 5. The molecule has 0 amide bonds. The zero-order valence-electron chi connectivity index (χ0n) is 10.8. The van der Waals surface area contributed by atoms with Crippen molar-refractivity contribution in [2.75, 3.05) is 26.7 Å². The van der Waals surface area contributed by atoms with Crippen LogP contribution >= 0.6 is 0 Å². The van der Waals surface area contributed by atoms with Crippen molar-refractivity contribution < 1.29 is 14.4 Å². The van der Waals surface area contributed by atoms with Gasteiger partial charge in [0.25, 0.3) is 0 Å². The fourth-order valence-corrected chi connectivity index (χ4v) is 2.30. The van der Waals surface area contributed by atoms with Gasteiger partial charge < -0.3 is 14.5 Å². The van der Waals surface area contributed by atoms with Gasteiger partial charge in [-0.1, -0.05) is 12.1 Å². The lowest BCUT2D eigenvalue weighted by molar-refractivity contribution is 0.0684. The van der Waals surface area contributed by atoms with Crippen LogP contribution in [0.5, 0.6) is 0 Å². The maximum atomic E-state index is 10.7. The first-order valence-corrected chi connectivity index (χ1v) is 6.21. The van der Waals surface area contributed by atoms with E-state index in [-0.39, 0.29) is 5.69 Å². The summed E-state index contributed by atoms with van der Waals surface area (Å²) >= 11 is 0. The third-order valence-corrected chi connectivity index (χ3v) is 3.49. The second-order valence-corrected chi connectivity index (χ2v) is 4.76. The SMILES string of the molecule is CCC1CN(Cc2cc(C(=O)O)no2)CCN1C. The van der Waals surface area contributed by atoms with Crippen molar-refractivity contribution in [3.8, 4) is 0 Å². The summed E-state index contributed by atoms with van der Waals surface area (Å²) in [6.07, 6.45) is 1.11. The molecule has 0 spiro atoms. The van der Waals surface area contributed by atoms with Crippen LogP contribution in [0, 0.1) is 0 Å². The number of aromatic nitrogens is 1. The summed E-state index contributed by atoms with van der Waals surface area (Å²) in [5.74, 6) is -0.429. The molecule has 1 aromatic heterocycles. The Labute approximate surface area is 106 Å². The Morgan fingerprint density at radius 1 is 1.61 bits per heavy atom.